The van der Waals surface area contributed by atoms with Gasteiger partial charge in [-0.1, -0.05) is 13.3 Å². The van der Waals surface area contributed by atoms with Gasteiger partial charge in [-0.2, -0.15) is 0 Å². The van der Waals surface area contributed by atoms with Gasteiger partial charge in [0.05, 0.1) is 5.41 Å². The average molecular weight is 326 g/mol. The molecule has 1 aliphatic rings. The minimum atomic E-state index is -0.466. The van der Waals surface area contributed by atoms with E-state index in [1.165, 1.54) is 32.2 Å². The maximum Gasteiger partial charge on any atom is 0.227 e. The van der Waals surface area contributed by atoms with Gasteiger partial charge in [-0.3, -0.25) is 14.7 Å². The molecule has 134 valence electrons. The van der Waals surface area contributed by atoms with Crippen LogP contribution in [0.5, 0.6) is 0 Å². The number of aliphatic imine (C=N–C) groups is 1. The van der Waals surface area contributed by atoms with E-state index >= 15 is 0 Å². The fourth-order valence-electron chi connectivity index (χ4n) is 3.08. The van der Waals surface area contributed by atoms with E-state index < -0.39 is 5.41 Å². The third-order valence-electron chi connectivity index (χ3n) is 4.67. The van der Waals surface area contributed by atoms with E-state index in [2.05, 4.69) is 32.8 Å². The molecular weight excluding hydrogens is 290 g/mol. The van der Waals surface area contributed by atoms with Crippen LogP contribution < -0.4 is 16.0 Å². The summed E-state index contributed by atoms with van der Waals surface area (Å²) >= 11 is 0. The number of rotatable bonds is 7. The van der Waals surface area contributed by atoms with Gasteiger partial charge >= 0.3 is 0 Å². The van der Waals surface area contributed by atoms with E-state index in [0.717, 1.165) is 25.1 Å². The number of piperidine rings is 1. The first-order valence-electron chi connectivity index (χ1n) is 8.85. The molecule has 1 fully saturated rings. The summed E-state index contributed by atoms with van der Waals surface area (Å²) in [6, 6.07) is 0.729. The molecule has 0 aromatic carbocycles. The van der Waals surface area contributed by atoms with Crippen LogP contribution in [0.3, 0.4) is 0 Å². The molecular formula is C17H35N5O. The summed E-state index contributed by atoms with van der Waals surface area (Å²) in [6.45, 7) is 9.79. The number of guanidine groups is 1. The Labute approximate surface area is 141 Å². The molecule has 1 amide bonds. The van der Waals surface area contributed by atoms with Gasteiger partial charge in [0.2, 0.25) is 5.91 Å². The van der Waals surface area contributed by atoms with Crippen molar-refractivity contribution in [2.75, 3.05) is 40.3 Å². The summed E-state index contributed by atoms with van der Waals surface area (Å²) in [5, 5.41) is 9.30. The summed E-state index contributed by atoms with van der Waals surface area (Å²) in [5.74, 6) is 0.784. The van der Waals surface area contributed by atoms with E-state index in [9.17, 15) is 4.79 Å². The molecule has 3 N–H and O–H groups in total. The lowest BCUT2D eigenvalue weighted by Gasteiger charge is -2.35. The second-order valence-electron chi connectivity index (χ2n) is 6.91. The number of hydrogen-bond donors (Lipinski definition) is 3. The van der Waals surface area contributed by atoms with Crippen molar-refractivity contribution in [2.24, 2.45) is 10.4 Å². The topological polar surface area (TPSA) is 68.8 Å². The normalized spacial score (nSPS) is 20.2. The van der Waals surface area contributed by atoms with Gasteiger partial charge in [-0.15, -0.1) is 0 Å². The average Bonchev–Trinajstić information content (AvgIpc) is 2.57. The van der Waals surface area contributed by atoms with Crippen molar-refractivity contribution in [3.63, 3.8) is 0 Å². The van der Waals surface area contributed by atoms with Crippen LogP contribution in [-0.2, 0) is 4.79 Å². The van der Waals surface area contributed by atoms with Gasteiger partial charge in [0.25, 0.3) is 0 Å². The molecule has 1 heterocycles. The maximum absolute atomic E-state index is 11.8. The molecule has 0 spiro atoms. The van der Waals surface area contributed by atoms with Crippen molar-refractivity contribution >= 4 is 11.9 Å². The molecule has 6 nitrogen and oxygen atoms in total. The lowest BCUT2D eigenvalue weighted by Crippen LogP contribution is -2.49. The van der Waals surface area contributed by atoms with Crippen molar-refractivity contribution in [3.8, 4) is 0 Å². The lowest BCUT2D eigenvalue weighted by atomic mass is 9.92. The molecule has 0 bridgehead atoms. The van der Waals surface area contributed by atoms with Crippen molar-refractivity contribution < 1.29 is 4.79 Å². The molecule has 0 radical (unpaired) electrons. The number of nitrogens with one attached hydrogen (secondary N) is 3. The van der Waals surface area contributed by atoms with Crippen LogP contribution in [-0.4, -0.2) is 63.1 Å². The van der Waals surface area contributed by atoms with Gasteiger partial charge in [-0.25, -0.2) is 0 Å². The van der Waals surface area contributed by atoms with Gasteiger partial charge in [0, 0.05) is 39.8 Å². The van der Waals surface area contributed by atoms with Gasteiger partial charge in [-0.05, 0) is 39.7 Å². The van der Waals surface area contributed by atoms with E-state index in [1.807, 2.05) is 13.8 Å². The molecule has 1 unspecified atom stereocenters. The molecule has 23 heavy (non-hydrogen) atoms. The Hall–Kier alpha value is -1.30. The number of amides is 1. The first kappa shape index (κ1) is 19.7. The molecule has 1 aliphatic heterocycles. The lowest BCUT2D eigenvalue weighted by molar-refractivity contribution is -0.128. The van der Waals surface area contributed by atoms with E-state index in [1.54, 1.807) is 14.1 Å². The highest BCUT2D eigenvalue weighted by molar-refractivity contribution is 5.84. The molecule has 1 rings (SSSR count). The Kier molecular flexibility index (Phi) is 8.37. The number of likely N-dealkylation sites (tertiary alicyclic amines) is 1. The Balaban J connectivity index is 2.35. The molecule has 6 heteroatoms. The van der Waals surface area contributed by atoms with Crippen LogP contribution in [0.2, 0.25) is 0 Å². The number of nitrogens with zero attached hydrogens (tertiary/aromatic N) is 2. The van der Waals surface area contributed by atoms with Crippen LogP contribution >= 0.6 is 0 Å². The number of hydrogen-bond acceptors (Lipinski definition) is 3. The Morgan fingerprint density at radius 1 is 1.30 bits per heavy atom. The predicted molar refractivity (Wildman–Crippen MR) is 96.7 cm³/mol. The van der Waals surface area contributed by atoms with Gasteiger partial charge in [0.1, 0.15) is 0 Å². The molecule has 0 aromatic rings. The SMILES string of the molecule is CCC1CCCCN1CCNC(=NC)NCC(C)(C)C(=O)NC. The Bertz CT molecular complexity index is 394. The van der Waals surface area contributed by atoms with E-state index in [4.69, 9.17) is 0 Å². The summed E-state index contributed by atoms with van der Waals surface area (Å²) in [5.41, 5.74) is -0.466. The minimum absolute atomic E-state index is 0.0274. The third-order valence-corrected chi connectivity index (χ3v) is 4.67. The minimum Gasteiger partial charge on any atom is -0.359 e. The highest BCUT2D eigenvalue weighted by Crippen LogP contribution is 2.18. The van der Waals surface area contributed by atoms with Crippen molar-refractivity contribution in [1.82, 2.24) is 20.9 Å². The second-order valence-corrected chi connectivity index (χ2v) is 6.91. The molecule has 1 saturated heterocycles. The van der Waals surface area contributed by atoms with E-state index in [0.29, 0.717) is 6.54 Å². The van der Waals surface area contributed by atoms with Gasteiger partial charge in [0.15, 0.2) is 5.96 Å². The van der Waals surface area contributed by atoms with Crippen LogP contribution in [0.25, 0.3) is 0 Å². The zero-order chi connectivity index (χ0) is 17.3. The monoisotopic (exact) mass is 325 g/mol. The van der Waals surface area contributed by atoms with E-state index in [-0.39, 0.29) is 5.91 Å². The zero-order valence-electron chi connectivity index (χ0n) is 15.5. The zero-order valence-corrected chi connectivity index (χ0v) is 15.5. The number of carbonyl (C=O) groups excluding carboxylic acids is 1. The quantitative estimate of drug-likeness (QED) is 0.486. The largest absolute Gasteiger partial charge is 0.359 e. The van der Waals surface area contributed by atoms with Crippen LogP contribution in [0, 0.1) is 5.41 Å². The van der Waals surface area contributed by atoms with Crippen LogP contribution in [0.4, 0.5) is 0 Å². The first-order valence-corrected chi connectivity index (χ1v) is 8.85. The maximum atomic E-state index is 11.8. The smallest absolute Gasteiger partial charge is 0.227 e. The fraction of sp³-hybridized carbons (Fsp3) is 0.882. The molecule has 0 saturated carbocycles. The second kappa shape index (κ2) is 9.75. The number of carbonyl (C=O) groups is 1. The summed E-state index contributed by atoms with van der Waals surface area (Å²) in [6.07, 6.45) is 5.22. The summed E-state index contributed by atoms with van der Waals surface area (Å²) in [7, 11) is 3.43. The highest BCUT2D eigenvalue weighted by atomic mass is 16.2. The molecule has 1 atom stereocenters. The molecule has 0 aliphatic carbocycles. The first-order chi connectivity index (χ1) is 10.9. The third kappa shape index (κ3) is 6.37. The predicted octanol–water partition coefficient (Wildman–Crippen LogP) is 1.19. The Morgan fingerprint density at radius 3 is 2.65 bits per heavy atom. The molecule has 0 aromatic heterocycles. The summed E-state index contributed by atoms with van der Waals surface area (Å²) < 4.78 is 0. The standard InChI is InChI=1S/C17H35N5O/c1-6-14-9-7-8-11-22(14)12-10-20-16(19-5)21-13-17(2,3)15(23)18-4/h14H,6-13H2,1-5H3,(H,18,23)(H2,19,20,21). The Morgan fingerprint density at radius 2 is 2.04 bits per heavy atom. The van der Waals surface area contributed by atoms with Crippen LogP contribution in [0.15, 0.2) is 4.99 Å². The van der Waals surface area contributed by atoms with Crippen molar-refractivity contribution in [3.05, 3.63) is 0 Å². The summed E-state index contributed by atoms with van der Waals surface area (Å²) in [4.78, 5) is 18.6. The highest BCUT2D eigenvalue weighted by Gasteiger charge is 2.26. The van der Waals surface area contributed by atoms with Crippen molar-refractivity contribution in [1.29, 1.82) is 0 Å². The fourth-order valence-corrected chi connectivity index (χ4v) is 3.08. The van der Waals surface area contributed by atoms with Gasteiger partial charge < -0.3 is 16.0 Å². The van der Waals surface area contributed by atoms with Crippen LogP contribution in [0.1, 0.15) is 46.5 Å². The van der Waals surface area contributed by atoms with Crippen molar-refractivity contribution in [2.45, 2.75) is 52.5 Å².